The van der Waals surface area contributed by atoms with E-state index in [4.69, 9.17) is 4.74 Å². The highest BCUT2D eigenvalue weighted by molar-refractivity contribution is 7.95. The Morgan fingerprint density at radius 2 is 1.69 bits per heavy atom. The normalized spacial score (nSPS) is 15.5. The van der Waals surface area contributed by atoms with Gasteiger partial charge in [-0.1, -0.05) is 48.5 Å². The third-order valence-corrected chi connectivity index (χ3v) is 5.73. The molecular formula is C18H15NO6S. The maximum atomic E-state index is 12.4. The van der Waals surface area contributed by atoms with E-state index in [2.05, 4.69) is 5.32 Å². The average molecular weight is 373 g/mol. The largest absolute Gasteiger partial charge is 0.479 e. The lowest BCUT2D eigenvalue weighted by Gasteiger charge is -2.15. The molecule has 0 saturated carbocycles. The minimum atomic E-state index is -3.70. The molecule has 0 fully saturated rings. The first kappa shape index (κ1) is 17.7. The lowest BCUT2D eigenvalue weighted by molar-refractivity contribution is -0.139. The first-order valence-electron chi connectivity index (χ1n) is 7.65. The molecule has 2 aromatic rings. The van der Waals surface area contributed by atoms with Gasteiger partial charge in [0.1, 0.15) is 6.61 Å². The molecule has 3 rings (SSSR count). The van der Waals surface area contributed by atoms with Gasteiger partial charge in [-0.3, -0.25) is 0 Å². The van der Waals surface area contributed by atoms with E-state index in [1.165, 1.54) is 12.1 Å². The number of carboxylic acids is 1. The Hall–Kier alpha value is -3.13. The van der Waals surface area contributed by atoms with Gasteiger partial charge in [-0.2, -0.15) is 0 Å². The van der Waals surface area contributed by atoms with E-state index in [9.17, 15) is 23.1 Å². The van der Waals surface area contributed by atoms with Crippen molar-refractivity contribution in [1.82, 2.24) is 5.32 Å². The third-order valence-electron chi connectivity index (χ3n) is 3.86. The SMILES string of the molecule is O=C(N[C@@H](C(=O)O)c1ccccc1)OCC1=Cc2ccccc2S1(=O)=O. The number of carbonyl (C=O) groups excluding carboxylic acids is 1. The molecule has 8 heteroatoms. The van der Waals surface area contributed by atoms with Gasteiger partial charge >= 0.3 is 12.1 Å². The summed E-state index contributed by atoms with van der Waals surface area (Å²) in [5.41, 5.74) is 0.899. The van der Waals surface area contributed by atoms with E-state index in [0.717, 1.165) is 0 Å². The molecule has 1 aliphatic heterocycles. The summed E-state index contributed by atoms with van der Waals surface area (Å²) in [5.74, 6) is -1.26. The van der Waals surface area contributed by atoms with Crippen LogP contribution in [0.15, 0.2) is 64.4 Å². The number of rotatable bonds is 5. The Labute approximate surface area is 149 Å². The van der Waals surface area contributed by atoms with Gasteiger partial charge in [0.15, 0.2) is 6.04 Å². The Morgan fingerprint density at radius 3 is 2.35 bits per heavy atom. The van der Waals surface area contributed by atoms with Gasteiger partial charge in [-0.25, -0.2) is 18.0 Å². The molecule has 26 heavy (non-hydrogen) atoms. The molecule has 0 spiro atoms. The number of benzene rings is 2. The fourth-order valence-corrected chi connectivity index (χ4v) is 4.06. The van der Waals surface area contributed by atoms with Crippen molar-refractivity contribution in [2.45, 2.75) is 10.9 Å². The van der Waals surface area contributed by atoms with Crippen LogP contribution in [0.3, 0.4) is 0 Å². The van der Waals surface area contributed by atoms with Gasteiger partial charge in [-0.05, 0) is 23.3 Å². The molecule has 0 saturated heterocycles. The van der Waals surface area contributed by atoms with Crippen LogP contribution in [0.2, 0.25) is 0 Å². The second-order valence-corrected chi connectivity index (χ2v) is 7.53. The predicted molar refractivity (Wildman–Crippen MR) is 92.9 cm³/mol. The smallest absolute Gasteiger partial charge is 0.408 e. The van der Waals surface area contributed by atoms with Crippen molar-refractivity contribution >= 4 is 28.0 Å². The van der Waals surface area contributed by atoms with Gasteiger partial charge in [0.05, 0.1) is 9.80 Å². The van der Waals surface area contributed by atoms with Crippen molar-refractivity contribution in [1.29, 1.82) is 0 Å². The second-order valence-electron chi connectivity index (χ2n) is 5.55. The standard InChI is InChI=1S/C18H15NO6S/c20-17(21)16(12-6-2-1-3-7-12)19-18(22)25-11-14-10-13-8-4-5-9-15(13)26(14,23)24/h1-10,16H,11H2,(H,19,22)(H,20,21)/t16-/m1/s1. The number of nitrogens with one attached hydrogen (secondary N) is 1. The summed E-state index contributed by atoms with van der Waals surface area (Å²) in [6.45, 7) is -0.482. The highest BCUT2D eigenvalue weighted by Crippen LogP contribution is 2.32. The monoisotopic (exact) mass is 373 g/mol. The molecular weight excluding hydrogens is 358 g/mol. The van der Waals surface area contributed by atoms with Crippen molar-refractivity contribution in [2.75, 3.05) is 6.61 Å². The van der Waals surface area contributed by atoms with Gasteiger partial charge in [0, 0.05) is 0 Å². The van der Waals surface area contributed by atoms with Crippen LogP contribution < -0.4 is 5.32 Å². The van der Waals surface area contributed by atoms with Crippen molar-refractivity contribution < 1.29 is 27.9 Å². The fourth-order valence-electron chi connectivity index (χ4n) is 2.59. The van der Waals surface area contributed by atoms with Crippen LogP contribution in [-0.4, -0.2) is 32.2 Å². The summed E-state index contributed by atoms with van der Waals surface area (Å²) < 4.78 is 29.7. The summed E-state index contributed by atoms with van der Waals surface area (Å²) in [7, 11) is -3.70. The maximum Gasteiger partial charge on any atom is 0.408 e. The molecule has 0 bridgehead atoms. The van der Waals surface area contributed by atoms with Crippen LogP contribution >= 0.6 is 0 Å². The van der Waals surface area contributed by atoms with Crippen LogP contribution in [-0.2, 0) is 19.4 Å². The molecule has 1 amide bonds. The third kappa shape index (κ3) is 3.45. The van der Waals surface area contributed by atoms with Crippen molar-refractivity contribution in [2.24, 2.45) is 0 Å². The van der Waals surface area contributed by atoms with E-state index in [0.29, 0.717) is 11.1 Å². The predicted octanol–water partition coefficient (Wildman–Crippen LogP) is 2.37. The van der Waals surface area contributed by atoms with Gasteiger partial charge in [-0.15, -0.1) is 0 Å². The molecule has 2 aromatic carbocycles. The van der Waals surface area contributed by atoms with Crippen LogP contribution in [0.4, 0.5) is 4.79 Å². The first-order chi connectivity index (χ1) is 12.4. The number of hydrogen-bond acceptors (Lipinski definition) is 5. The summed E-state index contributed by atoms with van der Waals surface area (Å²) in [5, 5.41) is 11.5. The summed E-state index contributed by atoms with van der Waals surface area (Å²) in [6, 6.07) is 13.3. The lowest BCUT2D eigenvalue weighted by Crippen LogP contribution is -2.34. The van der Waals surface area contributed by atoms with Crippen LogP contribution in [0.5, 0.6) is 0 Å². The molecule has 134 valence electrons. The van der Waals surface area contributed by atoms with Crippen molar-refractivity contribution in [3.8, 4) is 0 Å². The molecule has 7 nitrogen and oxygen atoms in total. The zero-order valence-electron chi connectivity index (χ0n) is 13.5. The first-order valence-corrected chi connectivity index (χ1v) is 9.13. The van der Waals surface area contributed by atoms with Gasteiger partial charge < -0.3 is 15.2 Å². The zero-order chi connectivity index (χ0) is 18.7. The molecule has 0 radical (unpaired) electrons. The number of amides is 1. The Bertz CT molecular complexity index is 982. The van der Waals surface area contributed by atoms with E-state index >= 15 is 0 Å². The van der Waals surface area contributed by atoms with E-state index in [1.807, 2.05) is 0 Å². The average Bonchev–Trinajstić information content (AvgIpc) is 2.89. The zero-order valence-corrected chi connectivity index (χ0v) is 14.3. The van der Waals surface area contributed by atoms with E-state index < -0.39 is 34.5 Å². The summed E-state index contributed by atoms with van der Waals surface area (Å²) in [6.07, 6.45) is 0.414. The highest BCUT2D eigenvalue weighted by atomic mass is 32.2. The van der Waals surface area contributed by atoms with Crippen molar-refractivity contribution in [3.05, 3.63) is 70.6 Å². The number of fused-ring (bicyclic) bond motifs is 1. The number of carboxylic acid groups (broad SMARTS) is 1. The molecule has 0 aromatic heterocycles. The second kappa shape index (κ2) is 7.01. The molecule has 2 N–H and O–H groups in total. The van der Waals surface area contributed by atoms with Gasteiger partial charge in [0.2, 0.25) is 9.84 Å². The highest BCUT2D eigenvalue weighted by Gasteiger charge is 2.30. The Kier molecular flexibility index (Phi) is 4.77. The van der Waals surface area contributed by atoms with E-state index in [-0.39, 0.29) is 9.80 Å². The fraction of sp³-hybridized carbons (Fsp3) is 0.111. The Balaban J connectivity index is 1.67. The quantitative estimate of drug-likeness (QED) is 0.833. The number of sulfone groups is 1. The van der Waals surface area contributed by atoms with Crippen LogP contribution in [0, 0.1) is 0 Å². The number of ether oxygens (including phenoxy) is 1. The number of aliphatic carboxylic acids is 1. The van der Waals surface area contributed by atoms with E-state index in [1.54, 1.807) is 48.5 Å². The van der Waals surface area contributed by atoms with Gasteiger partial charge in [0.25, 0.3) is 0 Å². The molecule has 0 unspecified atom stereocenters. The molecule has 0 aliphatic carbocycles. The maximum absolute atomic E-state index is 12.4. The van der Waals surface area contributed by atoms with Crippen LogP contribution in [0.25, 0.3) is 6.08 Å². The number of carbonyl (C=O) groups is 2. The molecule has 1 aliphatic rings. The van der Waals surface area contributed by atoms with Crippen LogP contribution in [0.1, 0.15) is 17.2 Å². The van der Waals surface area contributed by atoms with Crippen molar-refractivity contribution in [3.63, 3.8) is 0 Å². The molecule has 1 atom stereocenters. The summed E-state index contributed by atoms with van der Waals surface area (Å²) in [4.78, 5) is 23.4. The topological polar surface area (TPSA) is 110 Å². The Morgan fingerprint density at radius 1 is 1.04 bits per heavy atom. The minimum absolute atomic E-state index is 0.0552. The number of alkyl carbamates (subject to hydrolysis) is 1. The lowest BCUT2D eigenvalue weighted by atomic mass is 10.1. The molecule has 1 heterocycles. The minimum Gasteiger partial charge on any atom is -0.479 e. The summed E-state index contributed by atoms with van der Waals surface area (Å²) >= 11 is 0. The number of hydrogen-bond donors (Lipinski definition) is 2.